The Balaban J connectivity index is 2.16. The van der Waals surface area contributed by atoms with Gasteiger partial charge in [0, 0.05) is 13.1 Å². The highest BCUT2D eigenvalue weighted by atomic mass is 32.1. The van der Waals surface area contributed by atoms with Crippen molar-refractivity contribution in [3.05, 3.63) is 21.3 Å². The van der Waals surface area contributed by atoms with Crippen LogP contribution in [0.1, 0.15) is 11.2 Å². The van der Waals surface area contributed by atoms with Crippen LogP contribution in [0.15, 0.2) is 6.20 Å². The summed E-state index contributed by atoms with van der Waals surface area (Å²) in [7, 11) is 0. The first-order chi connectivity index (χ1) is 6.27. The maximum atomic E-state index is 10.4. The molecule has 6 nitrogen and oxygen atoms in total. The van der Waals surface area contributed by atoms with E-state index in [1.165, 1.54) is 6.20 Å². The molecular weight excluding hydrogens is 192 g/mol. The fraction of sp³-hybridized carbons (Fsp3) is 0.500. The normalized spacial score (nSPS) is 17.8. The minimum Gasteiger partial charge on any atom is -0.295 e. The number of thiazole rings is 1. The van der Waals surface area contributed by atoms with Crippen LogP contribution in [0.3, 0.4) is 0 Å². The molecule has 2 N–H and O–H groups in total. The van der Waals surface area contributed by atoms with Crippen LogP contribution in [0, 0.1) is 10.1 Å². The molecule has 0 unspecified atom stereocenters. The number of hydrogen-bond acceptors (Lipinski definition) is 6. The molecule has 1 aliphatic rings. The molecule has 7 heteroatoms. The van der Waals surface area contributed by atoms with Crippen LogP contribution in [0.4, 0.5) is 5.00 Å². The second kappa shape index (κ2) is 3.36. The number of nitrogens with zero attached hydrogens (tertiary/aromatic N) is 2. The van der Waals surface area contributed by atoms with Crippen molar-refractivity contribution in [1.82, 2.24) is 15.6 Å². The molecular formula is C6H8N4O2S. The highest BCUT2D eigenvalue weighted by molar-refractivity contribution is 7.14. The van der Waals surface area contributed by atoms with Crippen molar-refractivity contribution in [2.75, 3.05) is 13.1 Å². The smallest absolute Gasteiger partial charge is 0.295 e. The van der Waals surface area contributed by atoms with Crippen LogP contribution >= 0.6 is 11.3 Å². The van der Waals surface area contributed by atoms with Gasteiger partial charge in [-0.3, -0.25) is 20.7 Å². The van der Waals surface area contributed by atoms with Gasteiger partial charge >= 0.3 is 5.00 Å². The molecule has 0 atom stereocenters. The lowest BCUT2D eigenvalue weighted by atomic mass is 10.5. The Hall–Kier alpha value is -1.05. The van der Waals surface area contributed by atoms with Gasteiger partial charge in [-0.2, -0.15) is 0 Å². The summed E-state index contributed by atoms with van der Waals surface area (Å²) in [6, 6.07) is 0. The van der Waals surface area contributed by atoms with Gasteiger partial charge in [0.05, 0.1) is 4.92 Å². The SMILES string of the molecule is O=[N+]([O-])c1cnc(C2NCCN2)s1. The zero-order valence-corrected chi connectivity index (χ0v) is 7.50. The lowest BCUT2D eigenvalue weighted by Crippen LogP contribution is -2.20. The Labute approximate surface area is 78.1 Å². The van der Waals surface area contributed by atoms with Crippen LogP contribution in [0.25, 0.3) is 0 Å². The minimum absolute atomic E-state index is 0.0151. The van der Waals surface area contributed by atoms with E-state index < -0.39 is 4.92 Å². The minimum atomic E-state index is -0.421. The molecule has 0 saturated carbocycles. The Kier molecular flexibility index (Phi) is 2.21. The van der Waals surface area contributed by atoms with E-state index in [0.717, 1.165) is 29.4 Å². The van der Waals surface area contributed by atoms with Crippen molar-refractivity contribution in [2.24, 2.45) is 0 Å². The van der Waals surface area contributed by atoms with Crippen molar-refractivity contribution in [1.29, 1.82) is 0 Å². The largest absolute Gasteiger partial charge is 0.344 e. The molecule has 1 saturated heterocycles. The zero-order chi connectivity index (χ0) is 9.26. The molecule has 1 fully saturated rings. The van der Waals surface area contributed by atoms with Gasteiger partial charge < -0.3 is 0 Å². The Morgan fingerprint density at radius 1 is 1.62 bits per heavy atom. The van der Waals surface area contributed by atoms with Crippen molar-refractivity contribution < 1.29 is 4.92 Å². The third-order valence-electron chi connectivity index (χ3n) is 1.76. The quantitative estimate of drug-likeness (QED) is 0.528. The van der Waals surface area contributed by atoms with Gasteiger partial charge in [-0.15, -0.1) is 0 Å². The summed E-state index contributed by atoms with van der Waals surface area (Å²) in [4.78, 5) is 13.9. The molecule has 1 aromatic heterocycles. The summed E-state index contributed by atoms with van der Waals surface area (Å²) in [5.74, 6) is 0. The fourth-order valence-corrected chi connectivity index (χ4v) is 1.96. The summed E-state index contributed by atoms with van der Waals surface area (Å²) in [6.45, 7) is 1.75. The number of aromatic nitrogens is 1. The average molecular weight is 200 g/mol. The van der Waals surface area contributed by atoms with E-state index in [2.05, 4.69) is 15.6 Å². The maximum Gasteiger partial charge on any atom is 0.344 e. The van der Waals surface area contributed by atoms with Gasteiger partial charge in [-0.1, -0.05) is 0 Å². The summed E-state index contributed by atoms with van der Waals surface area (Å²) in [6.07, 6.45) is 1.28. The van der Waals surface area contributed by atoms with Gasteiger partial charge in [-0.25, -0.2) is 4.98 Å². The molecule has 13 heavy (non-hydrogen) atoms. The monoisotopic (exact) mass is 200 g/mol. The topological polar surface area (TPSA) is 80.1 Å². The van der Waals surface area contributed by atoms with Gasteiger partial charge in [0.2, 0.25) is 0 Å². The van der Waals surface area contributed by atoms with Crippen LogP contribution in [-0.4, -0.2) is 23.0 Å². The molecule has 0 amide bonds. The van der Waals surface area contributed by atoms with Gasteiger partial charge in [0.1, 0.15) is 17.4 Å². The third kappa shape index (κ3) is 1.67. The number of hydrogen-bond donors (Lipinski definition) is 2. The van der Waals surface area contributed by atoms with Crippen molar-refractivity contribution >= 4 is 16.3 Å². The maximum absolute atomic E-state index is 10.4. The van der Waals surface area contributed by atoms with E-state index in [1.54, 1.807) is 0 Å². The van der Waals surface area contributed by atoms with Crippen LogP contribution in [-0.2, 0) is 0 Å². The standard InChI is InChI=1S/C6H8N4O2S/c11-10(12)4-3-9-6(13-4)5-7-1-2-8-5/h3,5,7-8H,1-2H2. The average Bonchev–Trinajstić information content (AvgIpc) is 2.75. The molecule has 2 rings (SSSR count). The highest BCUT2D eigenvalue weighted by Crippen LogP contribution is 2.25. The summed E-state index contributed by atoms with van der Waals surface area (Å²) >= 11 is 1.10. The first-order valence-corrected chi connectivity index (χ1v) is 4.66. The molecule has 1 aromatic rings. The lowest BCUT2D eigenvalue weighted by molar-refractivity contribution is -0.380. The van der Waals surface area contributed by atoms with E-state index in [1.807, 2.05) is 0 Å². The van der Waals surface area contributed by atoms with Crippen molar-refractivity contribution in [2.45, 2.75) is 6.17 Å². The van der Waals surface area contributed by atoms with Crippen LogP contribution in [0.5, 0.6) is 0 Å². The first kappa shape index (κ1) is 8.54. The van der Waals surface area contributed by atoms with E-state index in [0.29, 0.717) is 0 Å². The highest BCUT2D eigenvalue weighted by Gasteiger charge is 2.21. The van der Waals surface area contributed by atoms with Gasteiger partial charge in [0.25, 0.3) is 0 Å². The predicted octanol–water partition coefficient (Wildman–Crippen LogP) is 0.243. The molecule has 2 heterocycles. The van der Waals surface area contributed by atoms with E-state index in [4.69, 9.17) is 0 Å². The molecule has 70 valence electrons. The summed E-state index contributed by atoms with van der Waals surface area (Å²) in [5.41, 5.74) is 0. The molecule has 0 bridgehead atoms. The predicted molar refractivity (Wildman–Crippen MR) is 47.5 cm³/mol. The number of nitro groups is 1. The van der Waals surface area contributed by atoms with E-state index in [-0.39, 0.29) is 11.2 Å². The first-order valence-electron chi connectivity index (χ1n) is 3.84. The third-order valence-corrected chi connectivity index (χ3v) is 2.77. The van der Waals surface area contributed by atoms with E-state index >= 15 is 0 Å². The molecule has 0 spiro atoms. The molecule has 0 aliphatic carbocycles. The Morgan fingerprint density at radius 3 is 2.85 bits per heavy atom. The van der Waals surface area contributed by atoms with Gasteiger partial charge in [-0.05, 0) is 11.3 Å². The zero-order valence-electron chi connectivity index (χ0n) is 6.69. The second-order valence-electron chi connectivity index (χ2n) is 2.64. The van der Waals surface area contributed by atoms with Crippen molar-refractivity contribution in [3.8, 4) is 0 Å². The Bertz CT molecular complexity index is 320. The van der Waals surface area contributed by atoms with Crippen LogP contribution < -0.4 is 10.6 Å². The van der Waals surface area contributed by atoms with Gasteiger partial charge in [0.15, 0.2) is 0 Å². The second-order valence-corrected chi connectivity index (χ2v) is 3.68. The molecule has 0 aromatic carbocycles. The number of rotatable bonds is 2. The number of nitrogens with one attached hydrogen (secondary N) is 2. The Morgan fingerprint density at radius 2 is 2.31 bits per heavy atom. The van der Waals surface area contributed by atoms with Crippen LogP contribution in [0.2, 0.25) is 0 Å². The lowest BCUT2D eigenvalue weighted by Gasteiger charge is -2.04. The molecule has 0 radical (unpaired) electrons. The molecule has 1 aliphatic heterocycles. The van der Waals surface area contributed by atoms with Crippen molar-refractivity contribution in [3.63, 3.8) is 0 Å². The fourth-order valence-electron chi connectivity index (χ4n) is 1.18. The summed E-state index contributed by atoms with van der Waals surface area (Å²) in [5, 5.41) is 17.5. The van der Waals surface area contributed by atoms with E-state index in [9.17, 15) is 10.1 Å². The summed E-state index contributed by atoms with van der Waals surface area (Å²) < 4.78 is 0.